The van der Waals surface area contributed by atoms with Crippen LogP contribution in [0.1, 0.15) is 0 Å². The van der Waals surface area contributed by atoms with E-state index in [2.05, 4.69) is 9.68 Å². The van der Waals surface area contributed by atoms with Crippen molar-refractivity contribution in [2.75, 3.05) is 5.73 Å². The number of nitrogens with zero attached hydrogens (tertiary/aromatic N) is 1. The first-order valence-electron chi connectivity index (χ1n) is 3.84. The van der Waals surface area contributed by atoms with Gasteiger partial charge < -0.3 is 10.3 Å². The second-order valence-corrected chi connectivity index (χ2v) is 2.71. The molecule has 5 heteroatoms. The van der Waals surface area contributed by atoms with Crippen LogP contribution < -0.4 is 5.73 Å². The minimum atomic E-state index is -0.956. The van der Waals surface area contributed by atoms with Crippen molar-refractivity contribution < 1.29 is 13.3 Å². The van der Waals surface area contributed by atoms with E-state index in [1.54, 1.807) is 0 Å². The predicted molar refractivity (Wildman–Crippen MR) is 46.3 cm³/mol. The number of aromatic nitrogens is 1. The van der Waals surface area contributed by atoms with Gasteiger partial charge in [-0.2, -0.15) is 0 Å². The summed E-state index contributed by atoms with van der Waals surface area (Å²) in [5.41, 5.74) is 5.67. The Bertz CT molecular complexity index is 468. The second-order valence-electron chi connectivity index (χ2n) is 2.71. The molecule has 0 bridgehead atoms. The largest absolute Gasteiger partial charge is 0.367 e. The summed E-state index contributed by atoms with van der Waals surface area (Å²) in [6.45, 7) is 0. The van der Waals surface area contributed by atoms with Gasteiger partial charge in [-0.15, -0.1) is 0 Å². The topological polar surface area (TPSA) is 52.0 Å². The molecule has 72 valence electrons. The lowest BCUT2D eigenvalue weighted by atomic mass is 10.1. The van der Waals surface area contributed by atoms with Crippen molar-refractivity contribution in [2.24, 2.45) is 0 Å². The number of anilines is 1. The van der Waals surface area contributed by atoms with Gasteiger partial charge in [-0.1, -0.05) is 17.3 Å². The quantitative estimate of drug-likeness (QED) is 0.760. The maximum absolute atomic E-state index is 13.2. The van der Waals surface area contributed by atoms with E-state index in [9.17, 15) is 8.78 Å². The molecule has 2 rings (SSSR count). The van der Waals surface area contributed by atoms with Crippen LogP contribution in [0.15, 0.2) is 28.9 Å². The van der Waals surface area contributed by atoms with Gasteiger partial charge in [-0.05, 0) is 6.07 Å². The smallest absolute Gasteiger partial charge is 0.230 e. The van der Waals surface area contributed by atoms with Crippen LogP contribution >= 0.6 is 0 Å². The van der Waals surface area contributed by atoms with Crippen molar-refractivity contribution >= 4 is 5.88 Å². The van der Waals surface area contributed by atoms with Crippen molar-refractivity contribution in [3.8, 4) is 11.1 Å². The molecular weight excluding hydrogens is 190 g/mol. The Morgan fingerprint density at radius 1 is 1.21 bits per heavy atom. The van der Waals surface area contributed by atoms with Crippen molar-refractivity contribution in [1.82, 2.24) is 5.16 Å². The maximum Gasteiger partial charge on any atom is 0.230 e. The predicted octanol–water partition coefficient (Wildman–Crippen LogP) is 2.20. The molecule has 0 atom stereocenters. The third-order valence-electron chi connectivity index (χ3n) is 1.84. The highest BCUT2D eigenvalue weighted by molar-refractivity contribution is 5.72. The Hall–Kier alpha value is -1.91. The van der Waals surface area contributed by atoms with Gasteiger partial charge in [-0.3, -0.25) is 0 Å². The molecule has 0 aliphatic carbocycles. The van der Waals surface area contributed by atoms with Crippen LogP contribution in [0.5, 0.6) is 0 Å². The highest BCUT2D eigenvalue weighted by atomic mass is 19.2. The monoisotopic (exact) mass is 196 g/mol. The molecule has 3 nitrogen and oxygen atoms in total. The number of hydrogen-bond donors (Lipinski definition) is 1. The highest BCUT2D eigenvalue weighted by Crippen LogP contribution is 2.28. The van der Waals surface area contributed by atoms with Crippen LogP contribution in [0.2, 0.25) is 0 Å². The molecule has 0 fully saturated rings. The summed E-state index contributed by atoms with van der Waals surface area (Å²) < 4.78 is 30.6. The van der Waals surface area contributed by atoms with Crippen LogP contribution in [0.3, 0.4) is 0 Å². The molecular formula is C9H6F2N2O. The lowest BCUT2D eigenvalue weighted by Crippen LogP contribution is -1.91. The van der Waals surface area contributed by atoms with Gasteiger partial charge in [0, 0.05) is 5.56 Å². The van der Waals surface area contributed by atoms with Gasteiger partial charge in [0.15, 0.2) is 11.6 Å². The molecule has 14 heavy (non-hydrogen) atoms. The minimum Gasteiger partial charge on any atom is -0.367 e. The average molecular weight is 196 g/mol. The summed E-state index contributed by atoms with van der Waals surface area (Å²) in [6, 6.07) is 3.82. The Balaban J connectivity index is 2.63. The van der Waals surface area contributed by atoms with Crippen LogP contribution in [-0.2, 0) is 0 Å². The normalized spacial score (nSPS) is 10.4. The number of nitrogens with two attached hydrogens (primary N) is 1. The highest BCUT2D eigenvalue weighted by Gasteiger charge is 2.14. The van der Waals surface area contributed by atoms with Gasteiger partial charge >= 0.3 is 0 Å². The fourth-order valence-electron chi connectivity index (χ4n) is 1.16. The summed E-state index contributed by atoms with van der Waals surface area (Å²) in [5, 5.41) is 3.38. The van der Waals surface area contributed by atoms with Crippen LogP contribution in [-0.4, -0.2) is 5.16 Å². The lowest BCUT2D eigenvalue weighted by molar-refractivity contribution is 0.436. The molecule has 1 heterocycles. The van der Waals surface area contributed by atoms with E-state index < -0.39 is 11.6 Å². The first kappa shape index (κ1) is 8.68. The number of rotatable bonds is 1. The van der Waals surface area contributed by atoms with E-state index in [4.69, 9.17) is 5.73 Å². The van der Waals surface area contributed by atoms with E-state index in [1.807, 2.05) is 0 Å². The third-order valence-corrected chi connectivity index (χ3v) is 1.84. The Morgan fingerprint density at radius 2 is 2.00 bits per heavy atom. The van der Waals surface area contributed by atoms with Crippen LogP contribution in [0.4, 0.5) is 14.7 Å². The number of halogens is 2. The molecule has 0 unspecified atom stereocenters. The summed E-state index contributed by atoms with van der Waals surface area (Å²) >= 11 is 0. The average Bonchev–Trinajstić information content (AvgIpc) is 2.57. The molecule has 1 aromatic carbocycles. The standard InChI is InChI=1S/C9H6F2N2O/c10-7-3-1-2-5(8(7)11)6-4-13-14-9(6)12/h1-4H,12H2. The van der Waals surface area contributed by atoms with Crippen LogP contribution in [0.25, 0.3) is 11.1 Å². The molecule has 0 aliphatic heterocycles. The molecule has 2 N–H and O–H groups in total. The third kappa shape index (κ3) is 1.22. The van der Waals surface area contributed by atoms with E-state index in [-0.39, 0.29) is 17.0 Å². The van der Waals surface area contributed by atoms with Crippen LogP contribution in [0, 0.1) is 11.6 Å². The zero-order valence-corrected chi connectivity index (χ0v) is 7.00. The fourth-order valence-corrected chi connectivity index (χ4v) is 1.16. The van der Waals surface area contributed by atoms with Crippen molar-refractivity contribution in [2.45, 2.75) is 0 Å². The molecule has 2 aromatic rings. The molecule has 0 spiro atoms. The summed E-state index contributed by atoms with van der Waals surface area (Å²) in [7, 11) is 0. The number of nitrogen functional groups attached to an aromatic ring is 1. The first-order valence-corrected chi connectivity index (χ1v) is 3.84. The second kappa shape index (κ2) is 3.10. The first-order chi connectivity index (χ1) is 6.70. The van der Waals surface area contributed by atoms with E-state index in [1.165, 1.54) is 18.3 Å². The molecule has 0 radical (unpaired) electrons. The molecule has 0 saturated heterocycles. The summed E-state index contributed by atoms with van der Waals surface area (Å²) in [5.74, 6) is -1.92. The molecule has 0 aliphatic rings. The van der Waals surface area contributed by atoms with Crippen molar-refractivity contribution in [3.63, 3.8) is 0 Å². The molecule has 0 amide bonds. The number of hydrogen-bond acceptors (Lipinski definition) is 3. The van der Waals surface area contributed by atoms with Gasteiger partial charge in [0.25, 0.3) is 0 Å². The maximum atomic E-state index is 13.2. The van der Waals surface area contributed by atoms with E-state index in [0.717, 1.165) is 6.07 Å². The lowest BCUT2D eigenvalue weighted by Gasteiger charge is -2.00. The van der Waals surface area contributed by atoms with Crippen molar-refractivity contribution in [1.29, 1.82) is 0 Å². The Labute approximate surface area is 78.1 Å². The summed E-state index contributed by atoms with van der Waals surface area (Å²) in [4.78, 5) is 0. The summed E-state index contributed by atoms with van der Waals surface area (Å²) in [6.07, 6.45) is 1.24. The van der Waals surface area contributed by atoms with Gasteiger partial charge in [-0.25, -0.2) is 8.78 Å². The SMILES string of the molecule is Nc1oncc1-c1cccc(F)c1F. The van der Waals surface area contributed by atoms with Gasteiger partial charge in [0.2, 0.25) is 5.88 Å². The van der Waals surface area contributed by atoms with Gasteiger partial charge in [0.1, 0.15) is 0 Å². The van der Waals surface area contributed by atoms with E-state index >= 15 is 0 Å². The zero-order chi connectivity index (χ0) is 10.1. The molecule has 0 saturated carbocycles. The van der Waals surface area contributed by atoms with E-state index in [0.29, 0.717) is 0 Å². The fraction of sp³-hybridized carbons (Fsp3) is 0. The zero-order valence-electron chi connectivity index (χ0n) is 7.00. The minimum absolute atomic E-state index is 0.0329. The Morgan fingerprint density at radius 3 is 2.64 bits per heavy atom. The van der Waals surface area contributed by atoms with Crippen molar-refractivity contribution in [3.05, 3.63) is 36.0 Å². The van der Waals surface area contributed by atoms with Gasteiger partial charge in [0.05, 0.1) is 11.8 Å². The Kier molecular flexibility index (Phi) is 1.92. The molecule has 1 aromatic heterocycles. The number of benzene rings is 1.